The maximum absolute atomic E-state index is 5.48. The molecule has 1 aromatic heterocycles. The molecule has 4 heteroatoms. The summed E-state index contributed by atoms with van der Waals surface area (Å²) in [5.41, 5.74) is 3.49. The van der Waals surface area contributed by atoms with Crippen molar-refractivity contribution in [3.8, 4) is 11.5 Å². The molecule has 4 nitrogen and oxygen atoms in total. The number of nitrogens with one attached hydrogen (secondary N) is 1. The maximum Gasteiger partial charge on any atom is 0.258 e. The van der Waals surface area contributed by atoms with E-state index in [-0.39, 0.29) is 6.04 Å². The highest BCUT2D eigenvalue weighted by atomic mass is 16.5. The fourth-order valence-electron chi connectivity index (χ4n) is 2.72. The number of aromatic nitrogens is 2. The lowest BCUT2D eigenvalue weighted by molar-refractivity contribution is 0.402. The van der Waals surface area contributed by atoms with Gasteiger partial charge in [0.25, 0.3) is 5.89 Å². The summed E-state index contributed by atoms with van der Waals surface area (Å²) in [4.78, 5) is 4.61. The Morgan fingerprint density at radius 1 is 1.20 bits per heavy atom. The smallest absolute Gasteiger partial charge is 0.258 e. The van der Waals surface area contributed by atoms with Crippen LogP contribution in [0.3, 0.4) is 0 Å². The van der Waals surface area contributed by atoms with Crippen LogP contribution < -0.4 is 5.32 Å². The third-order valence-electron chi connectivity index (χ3n) is 4.15. The topological polar surface area (TPSA) is 51.0 Å². The monoisotopic (exact) mass is 271 g/mol. The Balaban J connectivity index is 1.87. The van der Waals surface area contributed by atoms with Gasteiger partial charge in [-0.1, -0.05) is 30.1 Å². The summed E-state index contributed by atoms with van der Waals surface area (Å²) in [5, 5.41) is 7.68. The SMILES string of the molecule is Cc1cccc(-c2nc(C3CCCCCN3)no2)c1C. The Morgan fingerprint density at radius 3 is 3.00 bits per heavy atom. The van der Waals surface area contributed by atoms with Gasteiger partial charge in [-0.15, -0.1) is 0 Å². The van der Waals surface area contributed by atoms with Gasteiger partial charge in [0, 0.05) is 5.56 Å². The van der Waals surface area contributed by atoms with Crippen LogP contribution in [0.5, 0.6) is 0 Å². The summed E-state index contributed by atoms with van der Waals surface area (Å²) >= 11 is 0. The van der Waals surface area contributed by atoms with Crippen molar-refractivity contribution in [1.29, 1.82) is 0 Å². The van der Waals surface area contributed by atoms with Gasteiger partial charge in [0.2, 0.25) is 0 Å². The zero-order chi connectivity index (χ0) is 13.9. The van der Waals surface area contributed by atoms with Gasteiger partial charge in [-0.2, -0.15) is 4.98 Å². The second-order valence-corrected chi connectivity index (χ2v) is 5.56. The molecule has 20 heavy (non-hydrogen) atoms. The predicted molar refractivity (Wildman–Crippen MR) is 78.4 cm³/mol. The summed E-state index contributed by atoms with van der Waals surface area (Å²) in [5.74, 6) is 1.43. The van der Waals surface area contributed by atoms with E-state index in [0.717, 1.165) is 24.4 Å². The van der Waals surface area contributed by atoms with Gasteiger partial charge >= 0.3 is 0 Å². The number of hydrogen-bond donors (Lipinski definition) is 1. The van der Waals surface area contributed by atoms with Crippen molar-refractivity contribution >= 4 is 0 Å². The molecule has 3 rings (SSSR count). The third kappa shape index (κ3) is 2.61. The molecule has 2 aromatic rings. The van der Waals surface area contributed by atoms with E-state index in [0.29, 0.717) is 5.89 Å². The average Bonchev–Trinajstić information content (AvgIpc) is 2.77. The molecule has 1 aromatic carbocycles. The minimum absolute atomic E-state index is 0.236. The number of hydrogen-bond acceptors (Lipinski definition) is 4. The Morgan fingerprint density at radius 2 is 2.10 bits per heavy atom. The van der Waals surface area contributed by atoms with Gasteiger partial charge in [-0.3, -0.25) is 0 Å². The highest BCUT2D eigenvalue weighted by Gasteiger charge is 2.20. The van der Waals surface area contributed by atoms with Gasteiger partial charge in [0.15, 0.2) is 5.82 Å². The van der Waals surface area contributed by atoms with Crippen LogP contribution in [0.2, 0.25) is 0 Å². The van der Waals surface area contributed by atoms with Crippen LogP contribution in [-0.2, 0) is 0 Å². The Kier molecular flexibility index (Phi) is 3.83. The van der Waals surface area contributed by atoms with Crippen LogP contribution in [0.25, 0.3) is 11.5 Å². The normalized spacial score (nSPS) is 19.8. The number of benzene rings is 1. The molecule has 1 unspecified atom stereocenters. The maximum atomic E-state index is 5.48. The van der Waals surface area contributed by atoms with Crippen LogP contribution in [0.15, 0.2) is 22.7 Å². The zero-order valence-electron chi connectivity index (χ0n) is 12.1. The molecule has 0 radical (unpaired) electrons. The van der Waals surface area contributed by atoms with E-state index in [1.54, 1.807) is 0 Å². The first-order chi connectivity index (χ1) is 9.75. The van der Waals surface area contributed by atoms with E-state index >= 15 is 0 Å². The largest absolute Gasteiger partial charge is 0.334 e. The Bertz CT molecular complexity index is 583. The Labute approximate surface area is 119 Å². The minimum Gasteiger partial charge on any atom is -0.334 e. The van der Waals surface area contributed by atoms with Crippen molar-refractivity contribution < 1.29 is 4.52 Å². The van der Waals surface area contributed by atoms with Crippen molar-refractivity contribution in [3.05, 3.63) is 35.2 Å². The third-order valence-corrected chi connectivity index (χ3v) is 4.15. The lowest BCUT2D eigenvalue weighted by atomic mass is 10.0. The molecule has 0 aliphatic carbocycles. The Hall–Kier alpha value is -1.68. The van der Waals surface area contributed by atoms with Crippen molar-refractivity contribution in [3.63, 3.8) is 0 Å². The molecule has 0 bridgehead atoms. The predicted octanol–water partition coefficient (Wildman–Crippen LogP) is 3.56. The van der Waals surface area contributed by atoms with E-state index in [9.17, 15) is 0 Å². The molecule has 1 N–H and O–H groups in total. The molecule has 0 spiro atoms. The summed E-state index contributed by atoms with van der Waals surface area (Å²) < 4.78 is 5.48. The molecule has 1 atom stereocenters. The lowest BCUT2D eigenvalue weighted by Gasteiger charge is -2.10. The van der Waals surface area contributed by atoms with Gasteiger partial charge in [-0.25, -0.2) is 0 Å². The second-order valence-electron chi connectivity index (χ2n) is 5.56. The fourth-order valence-corrected chi connectivity index (χ4v) is 2.72. The fraction of sp³-hybridized carbons (Fsp3) is 0.500. The van der Waals surface area contributed by atoms with Crippen molar-refractivity contribution in [2.24, 2.45) is 0 Å². The highest BCUT2D eigenvalue weighted by Crippen LogP contribution is 2.26. The highest BCUT2D eigenvalue weighted by molar-refractivity contribution is 5.60. The van der Waals surface area contributed by atoms with E-state index in [2.05, 4.69) is 35.4 Å². The molecule has 0 amide bonds. The van der Waals surface area contributed by atoms with Crippen molar-refractivity contribution in [1.82, 2.24) is 15.5 Å². The summed E-state index contributed by atoms with van der Waals surface area (Å²) in [6.45, 7) is 5.24. The average molecular weight is 271 g/mol. The van der Waals surface area contributed by atoms with E-state index in [1.807, 2.05) is 12.1 Å². The minimum atomic E-state index is 0.236. The molecule has 106 valence electrons. The summed E-state index contributed by atoms with van der Waals surface area (Å²) in [6.07, 6.45) is 4.83. The molecular formula is C16H21N3O. The summed E-state index contributed by atoms with van der Waals surface area (Å²) in [7, 11) is 0. The molecule has 1 saturated heterocycles. The molecule has 1 aliphatic heterocycles. The van der Waals surface area contributed by atoms with Gasteiger partial charge in [0.1, 0.15) is 0 Å². The van der Waals surface area contributed by atoms with Gasteiger partial charge < -0.3 is 9.84 Å². The number of rotatable bonds is 2. The van der Waals surface area contributed by atoms with Crippen molar-refractivity contribution in [2.75, 3.05) is 6.54 Å². The molecule has 1 fully saturated rings. The van der Waals surface area contributed by atoms with E-state index in [1.165, 1.54) is 30.4 Å². The standard InChI is InChI=1S/C16H21N3O/c1-11-7-6-8-13(12(11)2)16-18-15(19-20-16)14-9-4-3-5-10-17-14/h6-8,14,17H,3-5,9-10H2,1-2H3. The van der Waals surface area contributed by atoms with E-state index < -0.39 is 0 Å². The number of nitrogens with zero attached hydrogens (tertiary/aromatic N) is 2. The van der Waals surface area contributed by atoms with Crippen LogP contribution >= 0.6 is 0 Å². The van der Waals surface area contributed by atoms with Gasteiger partial charge in [0.05, 0.1) is 6.04 Å². The van der Waals surface area contributed by atoms with Crippen LogP contribution in [-0.4, -0.2) is 16.7 Å². The van der Waals surface area contributed by atoms with Gasteiger partial charge in [-0.05, 0) is 50.4 Å². The molecule has 2 heterocycles. The molecule has 1 aliphatic rings. The molecular weight excluding hydrogens is 250 g/mol. The lowest BCUT2D eigenvalue weighted by Crippen LogP contribution is -2.21. The zero-order valence-corrected chi connectivity index (χ0v) is 12.1. The first kappa shape index (κ1) is 13.3. The van der Waals surface area contributed by atoms with Crippen LogP contribution in [0.1, 0.15) is 48.7 Å². The second kappa shape index (κ2) is 5.75. The number of aryl methyl sites for hydroxylation is 1. The first-order valence-corrected chi connectivity index (χ1v) is 7.39. The van der Waals surface area contributed by atoms with E-state index in [4.69, 9.17) is 4.52 Å². The van der Waals surface area contributed by atoms with Crippen molar-refractivity contribution in [2.45, 2.75) is 45.6 Å². The van der Waals surface area contributed by atoms with Crippen LogP contribution in [0.4, 0.5) is 0 Å². The first-order valence-electron chi connectivity index (χ1n) is 7.39. The summed E-state index contributed by atoms with van der Waals surface area (Å²) in [6, 6.07) is 6.41. The van der Waals surface area contributed by atoms with Crippen LogP contribution in [0, 0.1) is 13.8 Å². The molecule has 0 saturated carbocycles. The quantitative estimate of drug-likeness (QED) is 0.907.